The smallest absolute Gasteiger partial charge is 0.284 e. The fourth-order valence-corrected chi connectivity index (χ4v) is 2.42. The van der Waals surface area contributed by atoms with Crippen LogP contribution in [0.4, 0.5) is 0 Å². The molecule has 1 aromatic heterocycles. The molecule has 2 rings (SSSR count). The van der Waals surface area contributed by atoms with Gasteiger partial charge in [-0.15, -0.1) is 0 Å². The van der Waals surface area contributed by atoms with Crippen LogP contribution in [0.3, 0.4) is 0 Å². The number of hydrogen-bond donors (Lipinski definition) is 2. The number of carbonyl (C=O) groups excluding carboxylic acids is 2. The molecular weight excluding hydrogens is 284 g/mol. The molecule has 2 amide bonds. The molecule has 0 atom stereocenters. The lowest BCUT2D eigenvalue weighted by Crippen LogP contribution is -2.30. The van der Waals surface area contributed by atoms with Crippen LogP contribution in [-0.2, 0) is 10.0 Å². The molecule has 0 aliphatic rings. The largest absolute Gasteiger partial charge is 0.458 e. The number of nitrogens with one attached hydrogen (secondary N) is 1. The predicted octanol–water partition coefficient (Wildman–Crippen LogP) is 0.497. The van der Waals surface area contributed by atoms with Crippen molar-refractivity contribution < 1.29 is 22.4 Å². The normalized spacial score (nSPS) is 11.0. The van der Waals surface area contributed by atoms with Crippen LogP contribution in [0.2, 0.25) is 0 Å². The van der Waals surface area contributed by atoms with Crippen LogP contribution in [0.15, 0.2) is 52.0 Å². The lowest BCUT2D eigenvalue weighted by atomic mass is 10.3. The molecule has 0 aliphatic heterocycles. The molecule has 8 heteroatoms. The van der Waals surface area contributed by atoms with Crippen LogP contribution < -0.4 is 10.5 Å². The van der Waals surface area contributed by atoms with E-state index in [-0.39, 0.29) is 16.2 Å². The van der Waals surface area contributed by atoms with Crippen molar-refractivity contribution in [1.29, 1.82) is 0 Å². The third-order valence-corrected chi connectivity index (χ3v) is 3.73. The van der Waals surface area contributed by atoms with Crippen LogP contribution in [0.25, 0.3) is 0 Å². The Bertz CT molecular complexity index is 749. The Hall–Kier alpha value is -2.61. The first kappa shape index (κ1) is 13.8. The van der Waals surface area contributed by atoms with Crippen molar-refractivity contribution in [1.82, 2.24) is 4.72 Å². The fraction of sp³-hybridized carbons (Fsp3) is 0. The lowest BCUT2D eigenvalue weighted by molar-refractivity contribution is 0.0968. The number of amides is 2. The van der Waals surface area contributed by atoms with Crippen LogP contribution in [0.5, 0.6) is 0 Å². The van der Waals surface area contributed by atoms with Gasteiger partial charge in [-0.05, 0) is 12.1 Å². The molecule has 1 aromatic carbocycles. The van der Waals surface area contributed by atoms with E-state index in [0.717, 1.165) is 12.3 Å². The molecule has 104 valence electrons. The van der Waals surface area contributed by atoms with Gasteiger partial charge in [0.05, 0.1) is 10.5 Å². The van der Waals surface area contributed by atoms with Gasteiger partial charge >= 0.3 is 0 Å². The van der Waals surface area contributed by atoms with E-state index < -0.39 is 21.8 Å². The van der Waals surface area contributed by atoms with Gasteiger partial charge in [0.25, 0.3) is 21.8 Å². The van der Waals surface area contributed by atoms with E-state index in [1.54, 1.807) is 6.07 Å². The summed E-state index contributed by atoms with van der Waals surface area (Å²) in [7, 11) is -3.98. The Labute approximate surface area is 114 Å². The van der Waals surface area contributed by atoms with Gasteiger partial charge in [0.15, 0.2) is 5.76 Å². The van der Waals surface area contributed by atoms with Gasteiger partial charge in [-0.2, -0.15) is 0 Å². The molecule has 7 nitrogen and oxygen atoms in total. The second-order valence-corrected chi connectivity index (χ2v) is 5.49. The third kappa shape index (κ3) is 2.86. The Morgan fingerprint density at radius 2 is 1.80 bits per heavy atom. The lowest BCUT2D eigenvalue weighted by Gasteiger charge is -2.04. The highest BCUT2D eigenvalue weighted by Gasteiger charge is 2.20. The van der Waals surface area contributed by atoms with Gasteiger partial charge in [-0.3, -0.25) is 9.59 Å². The van der Waals surface area contributed by atoms with Crippen LogP contribution in [-0.4, -0.2) is 20.2 Å². The van der Waals surface area contributed by atoms with Crippen molar-refractivity contribution in [3.05, 3.63) is 54.0 Å². The summed E-state index contributed by atoms with van der Waals surface area (Å²) in [5.74, 6) is -1.99. The number of rotatable bonds is 4. The van der Waals surface area contributed by atoms with Crippen LogP contribution in [0, 0.1) is 0 Å². The molecular formula is C12H10N2O5S. The summed E-state index contributed by atoms with van der Waals surface area (Å²) in [6, 6.07) is 8.47. The topological polar surface area (TPSA) is 119 Å². The summed E-state index contributed by atoms with van der Waals surface area (Å²) in [4.78, 5) is 22.5. The summed E-state index contributed by atoms with van der Waals surface area (Å²) in [6.07, 6.45) is 0.954. The average molecular weight is 294 g/mol. The van der Waals surface area contributed by atoms with E-state index in [4.69, 9.17) is 10.2 Å². The Morgan fingerprint density at radius 3 is 2.35 bits per heavy atom. The van der Waals surface area contributed by atoms with Crippen molar-refractivity contribution in [2.75, 3.05) is 0 Å². The van der Waals surface area contributed by atoms with Crippen molar-refractivity contribution in [2.24, 2.45) is 5.73 Å². The minimum Gasteiger partial charge on any atom is -0.458 e. The van der Waals surface area contributed by atoms with Gasteiger partial charge in [-0.25, -0.2) is 13.1 Å². The van der Waals surface area contributed by atoms with Gasteiger partial charge in [0.1, 0.15) is 6.26 Å². The van der Waals surface area contributed by atoms with E-state index in [1.165, 1.54) is 24.3 Å². The quantitative estimate of drug-likeness (QED) is 0.850. The molecule has 2 aromatic rings. The van der Waals surface area contributed by atoms with Crippen molar-refractivity contribution in [2.45, 2.75) is 4.90 Å². The number of nitrogens with two attached hydrogens (primary N) is 1. The number of furan rings is 1. The van der Waals surface area contributed by atoms with Crippen molar-refractivity contribution >= 4 is 21.8 Å². The van der Waals surface area contributed by atoms with Gasteiger partial charge < -0.3 is 10.2 Å². The highest BCUT2D eigenvalue weighted by molar-refractivity contribution is 7.90. The van der Waals surface area contributed by atoms with E-state index in [0.29, 0.717) is 0 Å². The Balaban J connectivity index is 2.21. The molecule has 20 heavy (non-hydrogen) atoms. The van der Waals surface area contributed by atoms with Crippen molar-refractivity contribution in [3.63, 3.8) is 0 Å². The highest BCUT2D eigenvalue weighted by atomic mass is 32.2. The zero-order valence-electron chi connectivity index (χ0n) is 10.1. The fourth-order valence-electron chi connectivity index (χ4n) is 1.42. The number of benzene rings is 1. The molecule has 0 spiro atoms. The second kappa shape index (κ2) is 5.17. The van der Waals surface area contributed by atoms with E-state index >= 15 is 0 Å². The minimum atomic E-state index is -3.98. The first-order chi connectivity index (χ1) is 9.40. The van der Waals surface area contributed by atoms with E-state index in [9.17, 15) is 18.0 Å². The first-order valence-corrected chi connectivity index (χ1v) is 6.89. The molecule has 0 saturated carbocycles. The maximum absolute atomic E-state index is 11.9. The first-order valence-electron chi connectivity index (χ1n) is 5.41. The summed E-state index contributed by atoms with van der Waals surface area (Å²) >= 11 is 0. The van der Waals surface area contributed by atoms with Crippen molar-refractivity contribution in [3.8, 4) is 0 Å². The summed E-state index contributed by atoms with van der Waals surface area (Å²) in [6.45, 7) is 0. The van der Waals surface area contributed by atoms with E-state index in [1.807, 2.05) is 4.72 Å². The maximum Gasteiger partial charge on any atom is 0.284 e. The summed E-state index contributed by atoms with van der Waals surface area (Å²) < 4.78 is 30.4. The molecule has 0 fully saturated rings. The summed E-state index contributed by atoms with van der Waals surface area (Å²) in [5.41, 5.74) is 4.85. The number of hydrogen-bond acceptors (Lipinski definition) is 5. The molecule has 0 radical (unpaired) electrons. The maximum atomic E-state index is 11.9. The minimum absolute atomic E-state index is 0.0491. The number of sulfonamides is 1. The molecule has 0 unspecified atom stereocenters. The average Bonchev–Trinajstić information content (AvgIpc) is 2.89. The zero-order chi connectivity index (χ0) is 14.8. The van der Waals surface area contributed by atoms with Crippen LogP contribution >= 0.6 is 0 Å². The second-order valence-electron chi connectivity index (χ2n) is 3.81. The Kier molecular flexibility index (Phi) is 3.57. The Morgan fingerprint density at radius 1 is 1.15 bits per heavy atom. The SMILES string of the molecule is NC(=O)c1cc(C(=O)NS(=O)(=O)c2ccccc2)co1. The summed E-state index contributed by atoms with van der Waals surface area (Å²) in [5, 5.41) is 0. The van der Waals surface area contributed by atoms with Gasteiger partial charge in [-0.1, -0.05) is 18.2 Å². The van der Waals surface area contributed by atoms with Gasteiger partial charge in [0.2, 0.25) is 0 Å². The molecule has 1 heterocycles. The molecule has 0 bridgehead atoms. The molecule has 0 saturated heterocycles. The third-order valence-electron chi connectivity index (χ3n) is 2.39. The predicted molar refractivity (Wildman–Crippen MR) is 68.3 cm³/mol. The molecule has 3 N–H and O–H groups in total. The number of carbonyl (C=O) groups is 2. The highest BCUT2D eigenvalue weighted by Crippen LogP contribution is 2.11. The standard InChI is InChI=1S/C12H10N2O5S/c13-11(15)10-6-8(7-19-10)12(16)14-20(17,18)9-4-2-1-3-5-9/h1-7H,(H2,13,15)(H,14,16). The van der Waals surface area contributed by atoms with Gasteiger partial charge in [0, 0.05) is 6.07 Å². The monoisotopic (exact) mass is 294 g/mol. The number of primary amides is 1. The zero-order valence-corrected chi connectivity index (χ0v) is 10.9. The van der Waals surface area contributed by atoms with Crippen LogP contribution in [0.1, 0.15) is 20.9 Å². The van der Waals surface area contributed by atoms with E-state index in [2.05, 4.69) is 0 Å². The molecule has 0 aliphatic carbocycles.